The van der Waals surface area contributed by atoms with Crippen LogP contribution in [0.5, 0.6) is 5.75 Å². The molecule has 0 fully saturated rings. The quantitative estimate of drug-likeness (QED) is 0.522. The van der Waals surface area contributed by atoms with Crippen molar-refractivity contribution in [3.8, 4) is 5.75 Å². The molecule has 0 spiro atoms. The molecule has 0 saturated heterocycles. The van der Waals surface area contributed by atoms with E-state index in [4.69, 9.17) is 4.74 Å². The van der Waals surface area contributed by atoms with Crippen LogP contribution in [0.2, 0.25) is 0 Å². The summed E-state index contributed by atoms with van der Waals surface area (Å²) < 4.78 is 32.7. The molecule has 0 aliphatic rings. The highest BCUT2D eigenvalue weighted by molar-refractivity contribution is 7.89. The zero-order chi connectivity index (χ0) is 20.9. The topological polar surface area (TPSA) is 117 Å². The number of anilines is 1. The third-order valence-corrected chi connectivity index (χ3v) is 5.56. The molecule has 1 heterocycles. The molecule has 29 heavy (non-hydrogen) atoms. The number of carbonyl (C=O) groups excluding carboxylic acids is 1. The Hall–Kier alpha value is -3.17. The predicted molar refractivity (Wildman–Crippen MR) is 111 cm³/mol. The van der Waals surface area contributed by atoms with Gasteiger partial charge in [-0.05, 0) is 60.8 Å². The number of carbonyl (C=O) groups is 1. The lowest BCUT2D eigenvalue weighted by Gasteiger charge is -2.09. The van der Waals surface area contributed by atoms with Crippen LogP contribution in [0.25, 0.3) is 10.9 Å². The summed E-state index contributed by atoms with van der Waals surface area (Å²) in [4.78, 5) is 26.0. The van der Waals surface area contributed by atoms with Gasteiger partial charge in [0.25, 0.3) is 0 Å². The van der Waals surface area contributed by atoms with Crippen LogP contribution >= 0.6 is 0 Å². The van der Waals surface area contributed by atoms with E-state index in [-0.39, 0.29) is 29.3 Å². The van der Waals surface area contributed by atoms with Gasteiger partial charge in [-0.3, -0.25) is 9.59 Å². The van der Waals surface area contributed by atoms with Crippen molar-refractivity contribution >= 4 is 32.5 Å². The Bertz CT molecular complexity index is 1170. The minimum Gasteiger partial charge on any atom is -0.494 e. The fourth-order valence-corrected chi connectivity index (χ4v) is 3.77. The third-order valence-electron chi connectivity index (χ3n) is 4.10. The van der Waals surface area contributed by atoms with E-state index >= 15 is 0 Å². The van der Waals surface area contributed by atoms with Gasteiger partial charge in [-0.2, -0.15) is 0 Å². The molecule has 0 unspecified atom stereocenters. The first-order valence-electron chi connectivity index (χ1n) is 9.03. The van der Waals surface area contributed by atoms with Crippen molar-refractivity contribution in [1.82, 2.24) is 9.71 Å². The number of fused-ring (bicyclic) bond motifs is 1. The van der Waals surface area contributed by atoms with Gasteiger partial charge in [-0.25, -0.2) is 13.1 Å². The maximum atomic E-state index is 12.5. The van der Waals surface area contributed by atoms with E-state index in [2.05, 4.69) is 15.0 Å². The van der Waals surface area contributed by atoms with Crippen LogP contribution < -0.4 is 20.3 Å². The largest absolute Gasteiger partial charge is 0.494 e. The number of hydrogen-bond donors (Lipinski definition) is 3. The molecular formula is C20H21N3O5S. The summed E-state index contributed by atoms with van der Waals surface area (Å²) in [6, 6.07) is 14.2. The van der Waals surface area contributed by atoms with Crippen LogP contribution in [-0.4, -0.2) is 32.5 Å². The van der Waals surface area contributed by atoms with Crippen LogP contribution in [0.4, 0.5) is 5.69 Å². The molecule has 3 aromatic rings. The Kier molecular flexibility index (Phi) is 6.30. The Morgan fingerprint density at radius 3 is 2.55 bits per heavy atom. The lowest BCUT2D eigenvalue weighted by Crippen LogP contribution is -2.27. The van der Waals surface area contributed by atoms with Gasteiger partial charge in [-0.1, -0.05) is 0 Å². The zero-order valence-electron chi connectivity index (χ0n) is 15.8. The first kappa shape index (κ1) is 20.6. The van der Waals surface area contributed by atoms with E-state index in [0.717, 1.165) is 0 Å². The molecule has 0 atom stereocenters. The number of sulfonamides is 1. The summed E-state index contributed by atoms with van der Waals surface area (Å²) in [6.07, 6.45) is -0.0205. The van der Waals surface area contributed by atoms with Crippen LogP contribution in [0.1, 0.15) is 13.3 Å². The second kappa shape index (κ2) is 8.89. The van der Waals surface area contributed by atoms with E-state index < -0.39 is 10.0 Å². The summed E-state index contributed by atoms with van der Waals surface area (Å²) in [6.45, 7) is 2.39. The first-order valence-corrected chi connectivity index (χ1v) is 10.5. The molecule has 3 rings (SSSR count). The number of ether oxygens (including phenoxy) is 1. The first-order chi connectivity index (χ1) is 13.9. The monoisotopic (exact) mass is 415 g/mol. The predicted octanol–water partition coefficient (Wildman–Crippen LogP) is 2.23. The van der Waals surface area contributed by atoms with Crippen LogP contribution in [-0.2, 0) is 14.8 Å². The second-order valence-electron chi connectivity index (χ2n) is 6.22. The van der Waals surface area contributed by atoms with Gasteiger partial charge >= 0.3 is 0 Å². The fraction of sp³-hybridized carbons (Fsp3) is 0.200. The van der Waals surface area contributed by atoms with Gasteiger partial charge < -0.3 is 15.0 Å². The molecule has 2 aromatic carbocycles. The van der Waals surface area contributed by atoms with Crippen molar-refractivity contribution in [3.63, 3.8) is 0 Å². The summed E-state index contributed by atoms with van der Waals surface area (Å²) in [5, 5.41) is 3.30. The van der Waals surface area contributed by atoms with Crippen molar-refractivity contribution in [2.24, 2.45) is 0 Å². The number of aromatic amines is 1. The maximum absolute atomic E-state index is 12.5. The molecule has 0 bridgehead atoms. The number of amides is 1. The van der Waals surface area contributed by atoms with Crippen LogP contribution in [0.3, 0.4) is 0 Å². The SMILES string of the molecule is CCOc1ccc(NC(=O)CCNS(=O)(=O)c2ccc3[nH]c(=O)ccc3c2)cc1. The number of hydrogen-bond acceptors (Lipinski definition) is 5. The third kappa shape index (κ3) is 5.43. The highest BCUT2D eigenvalue weighted by Crippen LogP contribution is 2.17. The lowest BCUT2D eigenvalue weighted by atomic mass is 10.2. The number of H-pyrrole nitrogens is 1. The van der Waals surface area contributed by atoms with E-state index in [9.17, 15) is 18.0 Å². The number of nitrogens with one attached hydrogen (secondary N) is 3. The van der Waals surface area contributed by atoms with Gasteiger partial charge in [0.1, 0.15) is 5.75 Å². The Morgan fingerprint density at radius 1 is 1.07 bits per heavy atom. The van der Waals surface area contributed by atoms with Crippen LogP contribution in [0.15, 0.2) is 64.3 Å². The summed E-state index contributed by atoms with van der Waals surface area (Å²) in [5.41, 5.74) is 0.890. The van der Waals surface area contributed by atoms with Gasteiger partial charge in [-0.15, -0.1) is 0 Å². The molecule has 1 amide bonds. The molecule has 0 radical (unpaired) electrons. The summed E-state index contributed by atoms with van der Waals surface area (Å²) >= 11 is 0. The van der Waals surface area contributed by atoms with Crippen molar-refractivity contribution in [1.29, 1.82) is 0 Å². The zero-order valence-corrected chi connectivity index (χ0v) is 16.6. The fourth-order valence-electron chi connectivity index (χ4n) is 2.71. The molecule has 3 N–H and O–H groups in total. The lowest BCUT2D eigenvalue weighted by molar-refractivity contribution is -0.116. The average Bonchev–Trinajstić information content (AvgIpc) is 2.69. The van der Waals surface area contributed by atoms with Crippen molar-refractivity contribution < 1.29 is 17.9 Å². The number of aromatic nitrogens is 1. The molecule has 0 aliphatic heterocycles. The van der Waals surface area contributed by atoms with Gasteiger partial charge in [0.15, 0.2) is 0 Å². The molecule has 1 aromatic heterocycles. The second-order valence-corrected chi connectivity index (χ2v) is 7.99. The van der Waals surface area contributed by atoms with E-state index in [1.165, 1.54) is 24.3 Å². The molecule has 8 nitrogen and oxygen atoms in total. The maximum Gasteiger partial charge on any atom is 0.248 e. The Labute approximate surface area is 168 Å². The number of rotatable bonds is 8. The van der Waals surface area contributed by atoms with Gasteiger partial charge in [0, 0.05) is 30.2 Å². The van der Waals surface area contributed by atoms with E-state index in [1.807, 2.05) is 6.92 Å². The van der Waals surface area contributed by atoms with Crippen molar-refractivity contribution in [2.75, 3.05) is 18.5 Å². The standard InChI is InChI=1S/C20H21N3O5S/c1-2-28-16-6-4-15(5-7-16)22-20(25)11-12-21-29(26,27)17-8-9-18-14(13-17)3-10-19(24)23-18/h3-10,13,21H,2,11-12H2,1H3,(H,22,25)(H,23,24). The Balaban J connectivity index is 1.56. The van der Waals surface area contributed by atoms with Crippen LogP contribution in [0, 0.1) is 0 Å². The Morgan fingerprint density at radius 2 is 1.83 bits per heavy atom. The normalized spacial score (nSPS) is 11.3. The summed E-state index contributed by atoms with van der Waals surface area (Å²) in [5.74, 6) is 0.394. The van der Waals surface area contributed by atoms with Crippen molar-refractivity contribution in [2.45, 2.75) is 18.2 Å². The molecule has 0 aliphatic carbocycles. The highest BCUT2D eigenvalue weighted by atomic mass is 32.2. The highest BCUT2D eigenvalue weighted by Gasteiger charge is 2.15. The molecular weight excluding hydrogens is 394 g/mol. The molecule has 0 saturated carbocycles. The smallest absolute Gasteiger partial charge is 0.248 e. The molecule has 9 heteroatoms. The number of benzene rings is 2. The van der Waals surface area contributed by atoms with E-state index in [0.29, 0.717) is 28.9 Å². The average molecular weight is 415 g/mol. The van der Waals surface area contributed by atoms with E-state index in [1.54, 1.807) is 30.3 Å². The number of pyridine rings is 1. The minimum absolute atomic E-state index is 0.0205. The summed E-state index contributed by atoms with van der Waals surface area (Å²) in [7, 11) is -3.78. The van der Waals surface area contributed by atoms with Gasteiger partial charge in [0.05, 0.1) is 11.5 Å². The molecule has 152 valence electrons. The van der Waals surface area contributed by atoms with Gasteiger partial charge in [0.2, 0.25) is 21.5 Å². The minimum atomic E-state index is -3.78. The van der Waals surface area contributed by atoms with Crippen molar-refractivity contribution in [3.05, 3.63) is 65.0 Å².